The zero-order valence-corrected chi connectivity index (χ0v) is 20.7. The third kappa shape index (κ3) is 5.74. The number of carbonyl (C=O) groups excluding carboxylic acids is 1. The monoisotopic (exact) mass is 505 g/mol. The van der Waals surface area contributed by atoms with Crippen LogP contribution in [0, 0.1) is 0 Å². The van der Waals surface area contributed by atoms with Gasteiger partial charge in [0.25, 0.3) is 5.91 Å². The van der Waals surface area contributed by atoms with Crippen LogP contribution in [0.3, 0.4) is 0 Å². The van der Waals surface area contributed by atoms with Gasteiger partial charge in [0.15, 0.2) is 17.2 Å². The van der Waals surface area contributed by atoms with Gasteiger partial charge in [-0.25, -0.2) is 9.37 Å². The summed E-state index contributed by atoms with van der Waals surface area (Å²) in [7, 11) is 1.49. The predicted molar refractivity (Wildman–Crippen MR) is 129 cm³/mol. The normalized spacial score (nSPS) is 21.3. The first kappa shape index (κ1) is 25.3. The summed E-state index contributed by atoms with van der Waals surface area (Å²) in [6.45, 7) is 2.95. The SMILES string of the molecule is COc1cc(C(=O)N2CC(C)(CC(C)O)OCC2CF)cc2nc(CCc3cc(Cl)ccn3)oc12. The van der Waals surface area contributed by atoms with E-state index in [9.17, 15) is 14.3 Å². The summed E-state index contributed by atoms with van der Waals surface area (Å²) in [5.41, 5.74) is 1.25. The Bertz CT molecular complexity index is 1200. The van der Waals surface area contributed by atoms with Crippen LogP contribution in [0.4, 0.5) is 4.39 Å². The lowest BCUT2D eigenvalue weighted by Gasteiger charge is -2.45. The smallest absolute Gasteiger partial charge is 0.254 e. The number of hydrogen-bond acceptors (Lipinski definition) is 7. The number of carbonyl (C=O) groups is 1. The van der Waals surface area contributed by atoms with Crippen LogP contribution in [-0.4, -0.2) is 70.6 Å². The molecule has 1 N–H and O–H groups in total. The van der Waals surface area contributed by atoms with Crippen LogP contribution in [0.5, 0.6) is 5.75 Å². The van der Waals surface area contributed by atoms with Gasteiger partial charge in [0.2, 0.25) is 0 Å². The number of rotatable bonds is 8. The first-order valence-corrected chi connectivity index (χ1v) is 11.9. The summed E-state index contributed by atoms with van der Waals surface area (Å²) in [5.74, 6) is 0.477. The first-order chi connectivity index (χ1) is 16.7. The fraction of sp³-hybridized carbons (Fsp3) is 0.480. The molecule has 1 fully saturated rings. The van der Waals surface area contributed by atoms with Crippen molar-refractivity contribution in [3.05, 3.63) is 52.6 Å². The van der Waals surface area contributed by atoms with Gasteiger partial charge in [0.1, 0.15) is 12.2 Å². The number of pyridine rings is 1. The number of halogens is 2. The molecule has 188 valence electrons. The Hall–Kier alpha value is -2.75. The van der Waals surface area contributed by atoms with E-state index in [0.29, 0.717) is 52.6 Å². The minimum atomic E-state index is -0.779. The Balaban J connectivity index is 1.59. The minimum absolute atomic E-state index is 0.0521. The highest BCUT2D eigenvalue weighted by atomic mass is 35.5. The number of aromatic nitrogens is 2. The van der Waals surface area contributed by atoms with Crippen molar-refractivity contribution < 1.29 is 28.2 Å². The van der Waals surface area contributed by atoms with Crippen molar-refractivity contribution in [2.75, 3.05) is 26.9 Å². The number of benzene rings is 1. The molecule has 1 saturated heterocycles. The second kappa shape index (κ2) is 10.5. The number of hydrogen-bond donors (Lipinski definition) is 1. The average molecular weight is 506 g/mol. The lowest BCUT2D eigenvalue weighted by molar-refractivity contribution is -0.130. The molecule has 1 amide bonds. The minimum Gasteiger partial charge on any atom is -0.493 e. The van der Waals surface area contributed by atoms with E-state index in [1.54, 1.807) is 37.4 Å². The molecule has 3 heterocycles. The van der Waals surface area contributed by atoms with Crippen molar-refractivity contribution in [3.8, 4) is 5.75 Å². The first-order valence-electron chi connectivity index (χ1n) is 11.5. The molecular weight excluding hydrogens is 477 g/mol. The standard InChI is InChI=1S/C25H29ClFN3O5/c1-15(31)11-25(2)14-30(19(12-27)13-34-25)24(32)16-8-20-23(21(9-16)33-3)35-22(29-20)5-4-18-10-17(26)6-7-28-18/h6-10,15,19,31H,4-5,11-14H2,1-3H3. The molecule has 4 rings (SSSR count). The molecule has 0 saturated carbocycles. The molecule has 3 unspecified atom stereocenters. The van der Waals surface area contributed by atoms with Gasteiger partial charge >= 0.3 is 0 Å². The van der Waals surface area contributed by atoms with Crippen LogP contribution < -0.4 is 4.74 Å². The molecule has 3 aromatic rings. The fourth-order valence-electron chi connectivity index (χ4n) is 4.45. The van der Waals surface area contributed by atoms with Crippen molar-refractivity contribution in [1.29, 1.82) is 0 Å². The van der Waals surface area contributed by atoms with E-state index in [4.69, 9.17) is 25.5 Å². The zero-order chi connectivity index (χ0) is 25.2. The number of nitrogens with zero attached hydrogens (tertiary/aromatic N) is 3. The Morgan fingerprint density at radius 3 is 2.89 bits per heavy atom. The predicted octanol–water partition coefficient (Wildman–Crippen LogP) is 4.01. The highest BCUT2D eigenvalue weighted by Gasteiger charge is 2.40. The van der Waals surface area contributed by atoms with Crippen molar-refractivity contribution in [2.45, 2.75) is 50.9 Å². The number of ether oxygens (including phenoxy) is 2. The Morgan fingerprint density at radius 2 is 2.20 bits per heavy atom. The molecule has 1 aromatic carbocycles. The van der Waals surface area contributed by atoms with Gasteiger partial charge in [-0.15, -0.1) is 0 Å². The van der Waals surface area contributed by atoms with Gasteiger partial charge < -0.3 is 23.9 Å². The summed E-state index contributed by atoms with van der Waals surface area (Å²) >= 11 is 6.03. The summed E-state index contributed by atoms with van der Waals surface area (Å²) in [4.78, 5) is 23.8. The van der Waals surface area contributed by atoms with Crippen LogP contribution in [0.25, 0.3) is 11.1 Å². The quantitative estimate of drug-likeness (QED) is 0.494. The third-order valence-corrected chi connectivity index (χ3v) is 6.31. The topological polar surface area (TPSA) is 97.9 Å². The Morgan fingerprint density at radius 1 is 1.40 bits per heavy atom. The molecule has 0 bridgehead atoms. The van der Waals surface area contributed by atoms with E-state index in [1.165, 1.54) is 12.0 Å². The molecule has 2 aromatic heterocycles. The van der Waals surface area contributed by atoms with E-state index in [1.807, 2.05) is 6.92 Å². The second-order valence-corrected chi connectivity index (χ2v) is 9.59. The number of morpholine rings is 1. The molecule has 1 aliphatic rings. The molecular formula is C25H29ClFN3O5. The van der Waals surface area contributed by atoms with Gasteiger partial charge in [0, 0.05) is 35.3 Å². The fourth-order valence-corrected chi connectivity index (χ4v) is 4.64. The van der Waals surface area contributed by atoms with E-state index in [2.05, 4.69) is 9.97 Å². The number of alkyl halides is 1. The van der Waals surface area contributed by atoms with Crippen molar-refractivity contribution in [1.82, 2.24) is 14.9 Å². The maximum atomic E-state index is 13.8. The van der Waals surface area contributed by atoms with Crippen molar-refractivity contribution in [2.24, 2.45) is 0 Å². The van der Waals surface area contributed by atoms with E-state index >= 15 is 0 Å². The number of oxazole rings is 1. The number of aryl methyl sites for hydroxylation is 2. The zero-order valence-electron chi connectivity index (χ0n) is 20.0. The van der Waals surface area contributed by atoms with Gasteiger partial charge in [-0.05, 0) is 44.5 Å². The van der Waals surface area contributed by atoms with Crippen molar-refractivity contribution >= 4 is 28.6 Å². The largest absolute Gasteiger partial charge is 0.493 e. The van der Waals surface area contributed by atoms with E-state index in [-0.39, 0.29) is 19.1 Å². The van der Waals surface area contributed by atoms with Gasteiger partial charge in [-0.2, -0.15) is 0 Å². The number of aliphatic hydroxyl groups is 1. The highest BCUT2D eigenvalue weighted by Crippen LogP contribution is 2.32. The Labute approximate surface area is 208 Å². The second-order valence-electron chi connectivity index (χ2n) is 9.15. The van der Waals surface area contributed by atoms with Crippen molar-refractivity contribution in [3.63, 3.8) is 0 Å². The van der Waals surface area contributed by atoms with Crippen LogP contribution in [0.2, 0.25) is 5.02 Å². The summed E-state index contributed by atoms with van der Waals surface area (Å²) < 4.78 is 31.0. The van der Waals surface area contributed by atoms with E-state index in [0.717, 1.165) is 5.69 Å². The van der Waals surface area contributed by atoms with Crippen LogP contribution >= 0.6 is 11.6 Å². The molecule has 8 nitrogen and oxygen atoms in total. The number of fused-ring (bicyclic) bond motifs is 1. The molecule has 1 aliphatic heterocycles. The maximum Gasteiger partial charge on any atom is 0.254 e. The molecule has 35 heavy (non-hydrogen) atoms. The number of amides is 1. The number of aliphatic hydroxyl groups excluding tert-OH is 1. The average Bonchev–Trinajstić information content (AvgIpc) is 3.24. The summed E-state index contributed by atoms with van der Waals surface area (Å²) in [6.07, 6.45) is 2.42. The number of methoxy groups -OCH3 is 1. The molecule has 0 radical (unpaired) electrons. The summed E-state index contributed by atoms with van der Waals surface area (Å²) in [5, 5.41) is 10.5. The molecule has 0 aliphatic carbocycles. The van der Waals surface area contributed by atoms with Crippen LogP contribution in [-0.2, 0) is 17.6 Å². The van der Waals surface area contributed by atoms with Gasteiger partial charge in [0.05, 0.1) is 38.0 Å². The van der Waals surface area contributed by atoms with E-state index < -0.39 is 24.4 Å². The van der Waals surface area contributed by atoms with Crippen LogP contribution in [0.1, 0.15) is 42.2 Å². The van der Waals surface area contributed by atoms with Crippen LogP contribution in [0.15, 0.2) is 34.9 Å². The summed E-state index contributed by atoms with van der Waals surface area (Å²) in [6, 6.07) is 5.99. The maximum absolute atomic E-state index is 13.8. The molecule has 0 spiro atoms. The lowest BCUT2D eigenvalue weighted by Crippen LogP contribution is -2.58. The molecule has 10 heteroatoms. The Kier molecular flexibility index (Phi) is 7.59. The highest BCUT2D eigenvalue weighted by molar-refractivity contribution is 6.30. The third-order valence-electron chi connectivity index (χ3n) is 6.08. The molecule has 3 atom stereocenters. The van der Waals surface area contributed by atoms with Gasteiger partial charge in [-0.3, -0.25) is 9.78 Å². The lowest BCUT2D eigenvalue weighted by atomic mass is 9.94. The van der Waals surface area contributed by atoms with Gasteiger partial charge in [-0.1, -0.05) is 11.6 Å².